The fraction of sp³-hybridized carbons (Fsp3) is 0.0909. The van der Waals surface area contributed by atoms with Crippen LogP contribution in [-0.4, -0.2) is 9.78 Å². The van der Waals surface area contributed by atoms with Crippen LogP contribution in [0, 0.1) is 11.3 Å². The predicted molar refractivity (Wildman–Crippen MR) is 62.7 cm³/mol. The highest BCUT2D eigenvalue weighted by atomic mass is 35.5. The summed E-state index contributed by atoms with van der Waals surface area (Å²) in [6, 6.07) is 4.61. The number of alkyl halides is 3. The molecule has 19 heavy (non-hydrogen) atoms. The van der Waals surface area contributed by atoms with Gasteiger partial charge in [0.2, 0.25) is 0 Å². The monoisotopic (exact) mass is 286 g/mol. The van der Waals surface area contributed by atoms with E-state index >= 15 is 0 Å². The van der Waals surface area contributed by atoms with Gasteiger partial charge in [-0.1, -0.05) is 11.6 Å². The molecule has 8 heteroatoms. The van der Waals surface area contributed by atoms with E-state index in [0.29, 0.717) is 0 Å². The highest BCUT2D eigenvalue weighted by Crippen LogP contribution is 2.33. The van der Waals surface area contributed by atoms with Crippen molar-refractivity contribution in [3.63, 3.8) is 0 Å². The summed E-state index contributed by atoms with van der Waals surface area (Å²) < 4.78 is 38.6. The Kier molecular flexibility index (Phi) is 3.12. The lowest BCUT2D eigenvalue weighted by Gasteiger charge is -2.10. The van der Waals surface area contributed by atoms with Crippen molar-refractivity contribution < 1.29 is 13.2 Å². The summed E-state index contributed by atoms with van der Waals surface area (Å²) in [4.78, 5) is 0. The van der Waals surface area contributed by atoms with Gasteiger partial charge in [-0.25, -0.2) is 4.68 Å². The lowest BCUT2D eigenvalue weighted by Crippen LogP contribution is -2.07. The van der Waals surface area contributed by atoms with Crippen molar-refractivity contribution in [2.45, 2.75) is 6.18 Å². The van der Waals surface area contributed by atoms with Crippen LogP contribution in [0.2, 0.25) is 5.02 Å². The van der Waals surface area contributed by atoms with E-state index in [9.17, 15) is 13.2 Å². The number of nitrogen functional groups attached to an aromatic ring is 1. The molecule has 4 nitrogen and oxygen atoms in total. The quantitative estimate of drug-likeness (QED) is 0.876. The molecule has 1 aromatic carbocycles. The smallest absolute Gasteiger partial charge is 0.382 e. The van der Waals surface area contributed by atoms with E-state index in [4.69, 9.17) is 22.6 Å². The highest BCUT2D eigenvalue weighted by Gasteiger charge is 2.31. The number of halogens is 4. The number of nitrogens with two attached hydrogens (primary N) is 1. The predicted octanol–water partition coefficient (Wildman–Crippen LogP) is 3.00. The second-order valence-corrected chi connectivity index (χ2v) is 4.04. The number of anilines is 1. The van der Waals surface area contributed by atoms with Crippen molar-refractivity contribution in [3.05, 3.63) is 40.5 Å². The summed E-state index contributed by atoms with van der Waals surface area (Å²) in [5.41, 5.74) is 5.06. The van der Waals surface area contributed by atoms with Gasteiger partial charge in [0, 0.05) is 0 Å². The molecule has 0 fully saturated rings. The minimum Gasteiger partial charge on any atom is -0.382 e. The number of nitrogens with zero attached hydrogens (tertiary/aromatic N) is 3. The number of benzene rings is 1. The third-order valence-corrected chi connectivity index (χ3v) is 2.73. The van der Waals surface area contributed by atoms with Gasteiger partial charge in [-0.3, -0.25) is 0 Å². The Morgan fingerprint density at radius 1 is 1.37 bits per heavy atom. The first kappa shape index (κ1) is 13.2. The van der Waals surface area contributed by atoms with Crippen LogP contribution in [0.25, 0.3) is 5.69 Å². The fourth-order valence-corrected chi connectivity index (χ4v) is 1.75. The largest absolute Gasteiger partial charge is 0.416 e. The Morgan fingerprint density at radius 2 is 2.05 bits per heavy atom. The number of hydrogen-bond donors (Lipinski definition) is 1. The maximum atomic E-state index is 12.5. The molecule has 0 spiro atoms. The lowest BCUT2D eigenvalue weighted by molar-refractivity contribution is -0.137. The van der Waals surface area contributed by atoms with Crippen LogP contribution in [0.15, 0.2) is 24.4 Å². The topological polar surface area (TPSA) is 67.6 Å². The molecule has 2 rings (SSSR count). The standard InChI is InChI=1S/C11H6ClF3N4/c12-8-3-7(11(13,14)15)1-2-9(8)19-10(17)6(4-16)5-18-19/h1-3,5H,17H2. The molecule has 1 heterocycles. The zero-order chi connectivity index (χ0) is 14.2. The fourth-order valence-electron chi connectivity index (χ4n) is 1.49. The third-order valence-electron chi connectivity index (χ3n) is 2.43. The highest BCUT2D eigenvalue weighted by molar-refractivity contribution is 6.32. The minimum absolute atomic E-state index is 0.0177. The molecule has 0 radical (unpaired) electrons. The van der Waals surface area contributed by atoms with E-state index < -0.39 is 11.7 Å². The second-order valence-electron chi connectivity index (χ2n) is 3.63. The summed E-state index contributed by atoms with van der Waals surface area (Å²) in [5, 5.41) is 12.4. The van der Waals surface area contributed by atoms with Crippen LogP contribution in [0.5, 0.6) is 0 Å². The Morgan fingerprint density at radius 3 is 2.53 bits per heavy atom. The molecule has 0 bridgehead atoms. The summed E-state index contributed by atoms with van der Waals surface area (Å²) in [6.07, 6.45) is -3.26. The molecule has 2 aromatic rings. The number of nitriles is 1. The van der Waals surface area contributed by atoms with Gasteiger partial charge in [0.15, 0.2) is 0 Å². The summed E-state index contributed by atoms with van der Waals surface area (Å²) >= 11 is 5.80. The SMILES string of the molecule is N#Cc1cnn(-c2ccc(C(F)(F)F)cc2Cl)c1N. The minimum atomic E-state index is -4.48. The van der Waals surface area contributed by atoms with Crippen LogP contribution >= 0.6 is 11.6 Å². The first-order valence-corrected chi connectivity index (χ1v) is 5.33. The van der Waals surface area contributed by atoms with E-state index in [-0.39, 0.29) is 22.1 Å². The van der Waals surface area contributed by atoms with Gasteiger partial charge in [0.1, 0.15) is 17.5 Å². The van der Waals surface area contributed by atoms with Crippen molar-refractivity contribution in [1.29, 1.82) is 5.26 Å². The van der Waals surface area contributed by atoms with Crippen LogP contribution in [0.4, 0.5) is 19.0 Å². The lowest BCUT2D eigenvalue weighted by atomic mass is 10.2. The van der Waals surface area contributed by atoms with Crippen molar-refractivity contribution in [3.8, 4) is 11.8 Å². The number of aromatic nitrogens is 2. The van der Waals surface area contributed by atoms with Gasteiger partial charge in [0.05, 0.1) is 22.5 Å². The van der Waals surface area contributed by atoms with E-state index in [1.807, 2.05) is 6.07 Å². The molecule has 0 saturated carbocycles. The zero-order valence-corrected chi connectivity index (χ0v) is 10.00. The van der Waals surface area contributed by atoms with Gasteiger partial charge < -0.3 is 5.73 Å². The zero-order valence-electron chi connectivity index (χ0n) is 9.24. The Hall–Kier alpha value is -2.20. The van der Waals surface area contributed by atoms with Gasteiger partial charge in [-0.2, -0.15) is 23.5 Å². The molecule has 0 unspecified atom stereocenters. The van der Waals surface area contributed by atoms with Crippen LogP contribution in [0.1, 0.15) is 11.1 Å². The van der Waals surface area contributed by atoms with Gasteiger partial charge >= 0.3 is 6.18 Å². The first-order chi connectivity index (χ1) is 8.84. The van der Waals surface area contributed by atoms with E-state index in [1.54, 1.807) is 0 Å². The number of rotatable bonds is 1. The van der Waals surface area contributed by atoms with Crippen molar-refractivity contribution in [2.24, 2.45) is 0 Å². The molecule has 98 valence electrons. The van der Waals surface area contributed by atoms with Gasteiger partial charge in [0.25, 0.3) is 0 Å². The number of hydrogen-bond acceptors (Lipinski definition) is 3. The third kappa shape index (κ3) is 2.35. The summed E-state index contributed by atoms with van der Waals surface area (Å²) in [7, 11) is 0. The maximum absolute atomic E-state index is 12.5. The van der Waals surface area contributed by atoms with Crippen molar-refractivity contribution in [1.82, 2.24) is 9.78 Å². The van der Waals surface area contributed by atoms with Crippen molar-refractivity contribution in [2.75, 3.05) is 5.73 Å². The Labute approximate surface area is 110 Å². The average Bonchev–Trinajstić information content (AvgIpc) is 2.69. The Bertz CT molecular complexity index is 670. The van der Waals surface area contributed by atoms with E-state index in [1.165, 1.54) is 6.20 Å². The first-order valence-electron chi connectivity index (χ1n) is 4.95. The Balaban J connectivity index is 2.53. The van der Waals surface area contributed by atoms with E-state index in [2.05, 4.69) is 5.10 Å². The summed E-state index contributed by atoms with van der Waals surface area (Å²) in [6.45, 7) is 0. The molecule has 0 aliphatic heterocycles. The molecule has 0 amide bonds. The molecular formula is C11H6ClF3N4. The molecule has 0 aliphatic rings. The average molecular weight is 287 g/mol. The van der Waals surface area contributed by atoms with Gasteiger partial charge in [-0.05, 0) is 18.2 Å². The molecule has 0 atom stereocenters. The molecule has 1 aromatic heterocycles. The normalized spacial score (nSPS) is 11.3. The van der Waals surface area contributed by atoms with Gasteiger partial charge in [-0.15, -0.1) is 0 Å². The van der Waals surface area contributed by atoms with Crippen molar-refractivity contribution >= 4 is 17.4 Å². The van der Waals surface area contributed by atoms with E-state index in [0.717, 1.165) is 22.9 Å². The molecule has 2 N–H and O–H groups in total. The molecular weight excluding hydrogens is 281 g/mol. The molecule has 0 aliphatic carbocycles. The van der Waals surface area contributed by atoms with Crippen LogP contribution < -0.4 is 5.73 Å². The van der Waals surface area contributed by atoms with Crippen LogP contribution in [0.3, 0.4) is 0 Å². The molecule has 0 saturated heterocycles. The second kappa shape index (κ2) is 4.48. The van der Waals surface area contributed by atoms with Crippen LogP contribution in [-0.2, 0) is 6.18 Å². The maximum Gasteiger partial charge on any atom is 0.416 e. The summed E-state index contributed by atoms with van der Waals surface area (Å²) in [5.74, 6) is 0.0177.